The van der Waals surface area contributed by atoms with Gasteiger partial charge in [-0.2, -0.15) is 0 Å². The molecule has 4 aromatic rings. The standard InChI is InChI=1S/C34H36N2O6S/c1-6-40-24-13-14-25-28(19-24)43-34(35-25)36-30(23-12-15-26(27(18-23)41-7-2)42-17-16-20(3)4)29(32(38)33(36)39)31(37)22-10-8-21(5)9-11-22/h8-15,18-20,30,37H,6-7,16-17H2,1-5H3. The van der Waals surface area contributed by atoms with Gasteiger partial charge in [-0.25, -0.2) is 4.98 Å². The Balaban J connectivity index is 1.66. The number of hydrogen-bond donors (Lipinski definition) is 1. The van der Waals surface area contributed by atoms with Gasteiger partial charge in [-0.05, 0) is 69.0 Å². The Hall–Kier alpha value is -4.37. The molecular formula is C34H36N2O6S. The van der Waals surface area contributed by atoms with Crippen molar-refractivity contribution < 1.29 is 28.9 Å². The number of rotatable bonds is 11. The van der Waals surface area contributed by atoms with E-state index in [2.05, 4.69) is 13.8 Å². The van der Waals surface area contributed by atoms with E-state index < -0.39 is 17.7 Å². The van der Waals surface area contributed by atoms with Crippen LogP contribution in [0.15, 0.2) is 66.2 Å². The summed E-state index contributed by atoms with van der Waals surface area (Å²) in [7, 11) is 0. The highest BCUT2D eigenvalue weighted by molar-refractivity contribution is 7.22. The van der Waals surface area contributed by atoms with Crippen molar-refractivity contribution in [1.29, 1.82) is 0 Å². The monoisotopic (exact) mass is 600 g/mol. The summed E-state index contributed by atoms with van der Waals surface area (Å²) in [6, 6.07) is 17.1. The number of aromatic nitrogens is 1. The molecule has 8 nitrogen and oxygen atoms in total. The average molecular weight is 601 g/mol. The lowest BCUT2D eigenvalue weighted by Gasteiger charge is -2.24. The fourth-order valence-electron chi connectivity index (χ4n) is 4.95. The van der Waals surface area contributed by atoms with E-state index in [9.17, 15) is 14.7 Å². The maximum Gasteiger partial charge on any atom is 0.301 e. The lowest BCUT2D eigenvalue weighted by atomic mass is 9.95. The summed E-state index contributed by atoms with van der Waals surface area (Å²) in [4.78, 5) is 33.5. The first-order chi connectivity index (χ1) is 20.7. The van der Waals surface area contributed by atoms with Crippen molar-refractivity contribution in [2.75, 3.05) is 24.7 Å². The number of aliphatic hydroxyl groups excluding tert-OH is 1. The van der Waals surface area contributed by atoms with Crippen LogP contribution in [-0.2, 0) is 9.59 Å². The number of hydrogen-bond acceptors (Lipinski definition) is 8. The Morgan fingerprint density at radius 2 is 1.70 bits per heavy atom. The number of anilines is 1. The van der Waals surface area contributed by atoms with E-state index in [1.165, 1.54) is 16.2 Å². The number of thiazole rings is 1. The van der Waals surface area contributed by atoms with Crippen molar-refractivity contribution in [3.63, 3.8) is 0 Å². The summed E-state index contributed by atoms with van der Waals surface area (Å²) in [5.41, 5.74) is 2.69. The van der Waals surface area contributed by atoms with E-state index in [0.717, 1.165) is 16.7 Å². The van der Waals surface area contributed by atoms with Gasteiger partial charge in [-0.15, -0.1) is 0 Å². The Bertz CT molecular complexity index is 1670. The third-order valence-corrected chi connectivity index (χ3v) is 8.19. The number of ether oxygens (including phenoxy) is 3. The van der Waals surface area contributed by atoms with Gasteiger partial charge in [0.25, 0.3) is 5.78 Å². The smallest absolute Gasteiger partial charge is 0.301 e. The second-order valence-corrected chi connectivity index (χ2v) is 11.8. The molecule has 1 atom stereocenters. The molecule has 5 rings (SSSR count). The number of aliphatic hydroxyl groups is 1. The molecule has 1 aliphatic rings. The van der Waals surface area contributed by atoms with E-state index in [1.54, 1.807) is 30.3 Å². The fourth-order valence-corrected chi connectivity index (χ4v) is 5.97. The van der Waals surface area contributed by atoms with Crippen LogP contribution in [0.1, 0.15) is 56.8 Å². The minimum Gasteiger partial charge on any atom is -0.507 e. The second-order valence-electron chi connectivity index (χ2n) is 10.8. The zero-order valence-corrected chi connectivity index (χ0v) is 25.9. The van der Waals surface area contributed by atoms with Crippen LogP contribution in [0.5, 0.6) is 17.2 Å². The molecule has 1 unspecified atom stereocenters. The van der Waals surface area contributed by atoms with E-state index in [1.807, 2.05) is 51.1 Å². The van der Waals surface area contributed by atoms with E-state index >= 15 is 0 Å². The topological polar surface area (TPSA) is 98.2 Å². The van der Waals surface area contributed by atoms with Crippen LogP contribution in [0.3, 0.4) is 0 Å². The van der Waals surface area contributed by atoms with Crippen LogP contribution in [0, 0.1) is 12.8 Å². The van der Waals surface area contributed by atoms with Crippen LogP contribution in [0.2, 0.25) is 0 Å². The van der Waals surface area contributed by atoms with Gasteiger partial charge < -0.3 is 19.3 Å². The molecule has 224 valence electrons. The zero-order chi connectivity index (χ0) is 30.7. The normalized spacial score (nSPS) is 16.3. The van der Waals surface area contributed by atoms with Crippen molar-refractivity contribution in [3.05, 3.63) is 82.9 Å². The first kappa shape index (κ1) is 30.1. The Kier molecular flexibility index (Phi) is 9.01. The molecule has 1 amide bonds. The molecule has 0 saturated carbocycles. The lowest BCUT2D eigenvalue weighted by molar-refractivity contribution is -0.132. The van der Waals surface area contributed by atoms with Crippen LogP contribution in [-0.4, -0.2) is 41.6 Å². The summed E-state index contributed by atoms with van der Waals surface area (Å²) >= 11 is 1.28. The van der Waals surface area contributed by atoms with Crippen molar-refractivity contribution >= 4 is 44.1 Å². The largest absolute Gasteiger partial charge is 0.507 e. The molecule has 3 aromatic carbocycles. The number of fused-ring (bicyclic) bond motifs is 1. The van der Waals surface area contributed by atoms with Gasteiger partial charge in [-0.3, -0.25) is 14.5 Å². The van der Waals surface area contributed by atoms with Crippen molar-refractivity contribution in [2.24, 2.45) is 5.92 Å². The highest BCUT2D eigenvalue weighted by Gasteiger charge is 2.48. The molecule has 1 aromatic heterocycles. The molecule has 9 heteroatoms. The number of carbonyl (C=O) groups excluding carboxylic acids is 2. The number of amides is 1. The third-order valence-electron chi connectivity index (χ3n) is 7.17. The molecular weight excluding hydrogens is 564 g/mol. The van der Waals surface area contributed by atoms with Crippen LogP contribution >= 0.6 is 11.3 Å². The molecule has 0 spiro atoms. The molecule has 2 heterocycles. The number of Topliss-reactive ketones (excluding diaryl/α,β-unsaturated/α-hetero) is 1. The minimum atomic E-state index is -0.947. The van der Waals surface area contributed by atoms with Gasteiger partial charge in [0.1, 0.15) is 11.5 Å². The van der Waals surface area contributed by atoms with Gasteiger partial charge in [0.2, 0.25) is 0 Å². The van der Waals surface area contributed by atoms with Gasteiger partial charge in [0.15, 0.2) is 16.6 Å². The third kappa shape index (κ3) is 6.22. The predicted molar refractivity (Wildman–Crippen MR) is 169 cm³/mol. The quantitative estimate of drug-likeness (QED) is 0.108. The SMILES string of the molecule is CCOc1ccc2nc(N3C(=O)C(=O)C(=C(O)c4ccc(C)cc4)C3c3ccc(OCCC(C)C)c(OCC)c3)sc2c1. The summed E-state index contributed by atoms with van der Waals surface area (Å²) in [6.07, 6.45) is 0.882. The maximum absolute atomic E-state index is 13.7. The molecule has 1 N–H and O–H groups in total. The summed E-state index contributed by atoms with van der Waals surface area (Å²) in [5, 5.41) is 11.9. The minimum absolute atomic E-state index is 0.0148. The predicted octanol–water partition coefficient (Wildman–Crippen LogP) is 7.45. The number of aryl methyl sites for hydroxylation is 1. The Morgan fingerprint density at radius 3 is 2.40 bits per heavy atom. The van der Waals surface area contributed by atoms with Gasteiger partial charge in [0, 0.05) is 5.56 Å². The number of benzene rings is 3. The highest BCUT2D eigenvalue weighted by atomic mass is 32.1. The van der Waals surface area contributed by atoms with E-state index in [0.29, 0.717) is 64.8 Å². The van der Waals surface area contributed by atoms with Crippen LogP contribution in [0.25, 0.3) is 16.0 Å². The molecule has 0 radical (unpaired) electrons. The number of carbonyl (C=O) groups is 2. The average Bonchev–Trinajstić information content (AvgIpc) is 3.51. The van der Waals surface area contributed by atoms with Gasteiger partial charge in [-0.1, -0.05) is 61.1 Å². The van der Waals surface area contributed by atoms with E-state index in [4.69, 9.17) is 19.2 Å². The molecule has 0 bridgehead atoms. The van der Waals surface area contributed by atoms with Gasteiger partial charge >= 0.3 is 5.91 Å². The number of nitrogens with zero attached hydrogens (tertiary/aromatic N) is 2. The maximum atomic E-state index is 13.7. The fraction of sp³-hybridized carbons (Fsp3) is 0.324. The summed E-state index contributed by atoms with van der Waals surface area (Å²) in [5.74, 6) is 0.444. The van der Waals surface area contributed by atoms with Crippen molar-refractivity contribution in [1.82, 2.24) is 4.98 Å². The molecule has 1 saturated heterocycles. The summed E-state index contributed by atoms with van der Waals surface area (Å²) in [6.45, 7) is 11.4. The molecule has 0 aliphatic carbocycles. The first-order valence-corrected chi connectivity index (χ1v) is 15.3. The Labute approximate surface area is 255 Å². The Morgan fingerprint density at radius 1 is 0.953 bits per heavy atom. The van der Waals surface area contributed by atoms with Crippen LogP contribution in [0.4, 0.5) is 5.13 Å². The van der Waals surface area contributed by atoms with Crippen molar-refractivity contribution in [2.45, 2.75) is 47.1 Å². The van der Waals surface area contributed by atoms with Gasteiger partial charge in [0.05, 0.1) is 41.7 Å². The van der Waals surface area contributed by atoms with E-state index in [-0.39, 0.29) is 11.3 Å². The molecule has 1 aliphatic heterocycles. The van der Waals surface area contributed by atoms with Crippen LogP contribution < -0.4 is 19.1 Å². The lowest BCUT2D eigenvalue weighted by Crippen LogP contribution is -2.29. The molecule has 1 fully saturated rings. The highest BCUT2D eigenvalue weighted by Crippen LogP contribution is 2.46. The number of ketones is 1. The van der Waals surface area contributed by atoms with Crippen molar-refractivity contribution in [3.8, 4) is 17.2 Å². The second kappa shape index (κ2) is 12.9. The first-order valence-electron chi connectivity index (χ1n) is 14.5. The molecule has 43 heavy (non-hydrogen) atoms. The summed E-state index contributed by atoms with van der Waals surface area (Å²) < 4.78 is 18.4. The zero-order valence-electron chi connectivity index (χ0n) is 25.0.